The van der Waals surface area contributed by atoms with Crippen LogP contribution in [0.2, 0.25) is 5.02 Å². The van der Waals surface area contributed by atoms with E-state index in [0.29, 0.717) is 44.8 Å². The summed E-state index contributed by atoms with van der Waals surface area (Å²) in [5.74, 6) is -0.509. The monoisotopic (exact) mass is 382 g/mol. The minimum absolute atomic E-state index is 0.0448. The predicted octanol–water partition coefficient (Wildman–Crippen LogP) is 2.97. The lowest BCUT2D eigenvalue weighted by Gasteiger charge is -2.48. The molecule has 0 radical (unpaired) electrons. The minimum atomic E-state index is -0.530. The second kappa shape index (κ2) is 7.92. The van der Waals surface area contributed by atoms with Crippen LogP contribution in [0.1, 0.15) is 36.0 Å². The summed E-state index contributed by atoms with van der Waals surface area (Å²) < 4.78 is 18.5. The van der Waals surface area contributed by atoms with Crippen LogP contribution in [0.25, 0.3) is 0 Å². The number of likely N-dealkylation sites (tertiary alicyclic amines) is 2. The molecule has 0 aromatic heterocycles. The van der Waals surface area contributed by atoms with E-state index >= 15 is 0 Å². The quantitative estimate of drug-likeness (QED) is 0.804. The molecule has 3 rings (SSSR count). The Hall–Kier alpha value is -1.66. The zero-order chi connectivity index (χ0) is 18.7. The molecule has 2 aliphatic rings. The number of nitrogens with zero attached hydrogens (tertiary/aromatic N) is 2. The Morgan fingerprint density at radius 1 is 1.35 bits per heavy atom. The van der Waals surface area contributed by atoms with E-state index in [0.717, 1.165) is 19.3 Å². The largest absolute Gasteiger partial charge is 0.383 e. The summed E-state index contributed by atoms with van der Waals surface area (Å²) in [6.45, 7) is 3.03. The third-order valence-corrected chi connectivity index (χ3v) is 5.72. The number of carbonyl (C=O) groups excluding carboxylic acids is 2. The molecule has 0 bridgehead atoms. The van der Waals surface area contributed by atoms with Gasteiger partial charge in [0.15, 0.2) is 0 Å². The smallest absolute Gasteiger partial charge is 0.253 e. The molecule has 7 heteroatoms. The molecular formula is C19H24ClFN2O3. The first-order chi connectivity index (χ1) is 12.4. The van der Waals surface area contributed by atoms with Gasteiger partial charge >= 0.3 is 0 Å². The van der Waals surface area contributed by atoms with Crippen LogP contribution in [-0.4, -0.2) is 61.5 Å². The maximum Gasteiger partial charge on any atom is 0.253 e. The molecule has 1 aromatic carbocycles. The second-order valence-corrected chi connectivity index (χ2v) is 7.67. The van der Waals surface area contributed by atoms with E-state index in [2.05, 4.69) is 0 Å². The highest BCUT2D eigenvalue weighted by molar-refractivity contribution is 6.31. The van der Waals surface area contributed by atoms with Gasteiger partial charge in [-0.15, -0.1) is 0 Å². The molecule has 0 N–H and O–H groups in total. The highest BCUT2D eigenvalue weighted by atomic mass is 35.5. The molecule has 2 amide bonds. The van der Waals surface area contributed by atoms with Crippen molar-refractivity contribution in [3.05, 3.63) is 34.6 Å². The van der Waals surface area contributed by atoms with Crippen molar-refractivity contribution < 1.29 is 18.7 Å². The van der Waals surface area contributed by atoms with Gasteiger partial charge in [0.25, 0.3) is 5.91 Å². The van der Waals surface area contributed by atoms with Crippen LogP contribution in [0.3, 0.4) is 0 Å². The number of hydrogen-bond donors (Lipinski definition) is 0. The van der Waals surface area contributed by atoms with Gasteiger partial charge in [-0.3, -0.25) is 9.59 Å². The van der Waals surface area contributed by atoms with E-state index in [4.69, 9.17) is 16.3 Å². The average molecular weight is 383 g/mol. The van der Waals surface area contributed by atoms with Gasteiger partial charge < -0.3 is 14.5 Å². The third-order valence-electron chi connectivity index (χ3n) is 5.43. The van der Waals surface area contributed by atoms with E-state index in [1.807, 2.05) is 9.80 Å². The van der Waals surface area contributed by atoms with Crippen LogP contribution in [0.4, 0.5) is 4.39 Å². The van der Waals surface area contributed by atoms with Gasteiger partial charge in [-0.05, 0) is 37.5 Å². The molecule has 2 heterocycles. The van der Waals surface area contributed by atoms with Gasteiger partial charge in [0, 0.05) is 50.7 Å². The Morgan fingerprint density at radius 2 is 2.15 bits per heavy atom. The van der Waals surface area contributed by atoms with E-state index in [1.165, 1.54) is 18.2 Å². The zero-order valence-corrected chi connectivity index (χ0v) is 15.7. The van der Waals surface area contributed by atoms with Crippen LogP contribution in [0.5, 0.6) is 0 Å². The van der Waals surface area contributed by atoms with Crippen molar-refractivity contribution in [1.29, 1.82) is 0 Å². The van der Waals surface area contributed by atoms with Gasteiger partial charge in [-0.25, -0.2) is 4.39 Å². The van der Waals surface area contributed by atoms with Crippen LogP contribution in [0.15, 0.2) is 18.2 Å². The maximum absolute atomic E-state index is 13.4. The van der Waals surface area contributed by atoms with E-state index in [9.17, 15) is 14.0 Å². The number of ether oxygens (including phenoxy) is 1. The van der Waals surface area contributed by atoms with Crippen LogP contribution in [-0.2, 0) is 9.53 Å². The molecule has 1 atom stereocenters. The second-order valence-electron chi connectivity index (χ2n) is 7.27. The van der Waals surface area contributed by atoms with Gasteiger partial charge in [0.05, 0.1) is 11.6 Å². The minimum Gasteiger partial charge on any atom is -0.383 e. The molecule has 1 spiro atoms. The summed E-state index contributed by atoms with van der Waals surface area (Å²) in [7, 11) is 1.62. The lowest BCUT2D eigenvalue weighted by atomic mass is 9.73. The Labute approximate surface area is 158 Å². The number of amides is 2. The van der Waals surface area contributed by atoms with Crippen LogP contribution in [0, 0.1) is 11.2 Å². The summed E-state index contributed by atoms with van der Waals surface area (Å²) in [4.78, 5) is 28.7. The Kier molecular flexibility index (Phi) is 5.82. The number of halogens is 2. The van der Waals surface area contributed by atoms with E-state index in [1.54, 1.807) is 7.11 Å². The molecule has 2 saturated heterocycles. The fraction of sp³-hybridized carbons (Fsp3) is 0.579. The summed E-state index contributed by atoms with van der Waals surface area (Å²) in [5, 5.41) is -0.0448. The molecule has 2 fully saturated rings. The van der Waals surface area contributed by atoms with Crippen molar-refractivity contribution in [1.82, 2.24) is 9.80 Å². The fourth-order valence-corrected chi connectivity index (χ4v) is 4.21. The van der Waals surface area contributed by atoms with Gasteiger partial charge in [-0.2, -0.15) is 0 Å². The van der Waals surface area contributed by atoms with E-state index in [-0.39, 0.29) is 22.3 Å². The SMILES string of the molecule is COCCN1C[C@@]2(CCCN(C(=O)c3ccc(F)c(Cl)c3)C2)CCC1=O. The summed E-state index contributed by atoms with van der Waals surface area (Å²) in [6, 6.07) is 4.08. The highest BCUT2D eigenvalue weighted by Crippen LogP contribution is 2.39. The topological polar surface area (TPSA) is 49.9 Å². The van der Waals surface area contributed by atoms with Crippen molar-refractivity contribution >= 4 is 23.4 Å². The zero-order valence-electron chi connectivity index (χ0n) is 15.0. The first-order valence-corrected chi connectivity index (χ1v) is 9.33. The third kappa shape index (κ3) is 4.01. The number of rotatable bonds is 4. The summed E-state index contributed by atoms with van der Waals surface area (Å²) in [6.07, 6.45) is 3.20. The molecule has 0 aliphatic carbocycles. The molecule has 1 aromatic rings. The molecule has 26 heavy (non-hydrogen) atoms. The first kappa shape index (κ1) is 19.1. The first-order valence-electron chi connectivity index (χ1n) is 8.95. The Morgan fingerprint density at radius 3 is 2.88 bits per heavy atom. The van der Waals surface area contributed by atoms with Crippen molar-refractivity contribution in [2.75, 3.05) is 39.9 Å². The van der Waals surface area contributed by atoms with Crippen molar-refractivity contribution in [3.63, 3.8) is 0 Å². The highest BCUT2D eigenvalue weighted by Gasteiger charge is 2.42. The standard InChI is InChI=1S/C19H24ClFN2O3/c1-26-10-9-22-12-19(7-5-17(22)24)6-2-8-23(13-19)18(25)14-3-4-16(21)15(20)11-14/h3-4,11H,2,5-10,12-13H2,1H3/t19-/m1/s1. The van der Waals surface area contributed by atoms with Gasteiger partial charge in [0.1, 0.15) is 5.82 Å². The maximum atomic E-state index is 13.4. The van der Waals surface area contributed by atoms with Crippen LogP contribution >= 0.6 is 11.6 Å². The molecular weight excluding hydrogens is 359 g/mol. The summed E-state index contributed by atoms with van der Waals surface area (Å²) in [5.41, 5.74) is 0.330. The van der Waals surface area contributed by atoms with Crippen molar-refractivity contribution in [3.8, 4) is 0 Å². The molecule has 0 saturated carbocycles. The average Bonchev–Trinajstić information content (AvgIpc) is 2.64. The van der Waals surface area contributed by atoms with Crippen molar-refractivity contribution in [2.24, 2.45) is 5.41 Å². The molecule has 5 nitrogen and oxygen atoms in total. The molecule has 0 unspecified atom stereocenters. The number of piperidine rings is 2. The predicted molar refractivity (Wildman–Crippen MR) is 96.7 cm³/mol. The number of benzene rings is 1. The number of methoxy groups -OCH3 is 1. The molecule has 2 aliphatic heterocycles. The van der Waals surface area contributed by atoms with Gasteiger partial charge in [-0.1, -0.05) is 11.6 Å². The number of carbonyl (C=O) groups is 2. The normalized spacial score (nSPS) is 23.6. The summed E-state index contributed by atoms with van der Waals surface area (Å²) >= 11 is 5.82. The van der Waals surface area contributed by atoms with Crippen LogP contribution < -0.4 is 0 Å². The lowest BCUT2D eigenvalue weighted by molar-refractivity contribution is -0.139. The van der Waals surface area contributed by atoms with E-state index < -0.39 is 5.82 Å². The lowest BCUT2D eigenvalue weighted by Crippen LogP contribution is -2.55. The number of hydrogen-bond acceptors (Lipinski definition) is 3. The Balaban J connectivity index is 1.72. The van der Waals surface area contributed by atoms with Gasteiger partial charge in [0.2, 0.25) is 5.91 Å². The fourth-order valence-electron chi connectivity index (χ4n) is 4.03. The Bertz CT molecular complexity index is 699. The van der Waals surface area contributed by atoms with Crippen molar-refractivity contribution in [2.45, 2.75) is 25.7 Å². The molecule has 142 valence electrons.